The van der Waals surface area contributed by atoms with E-state index in [0.717, 1.165) is 17.7 Å². The van der Waals surface area contributed by atoms with Crippen molar-refractivity contribution in [2.75, 3.05) is 5.32 Å². The Morgan fingerprint density at radius 2 is 1.55 bits per heavy atom. The maximum Gasteiger partial charge on any atom is 0.194 e. The molecule has 2 aromatic carbocycles. The number of nitrogens with one attached hydrogen (secondary N) is 1. The second-order valence-electron chi connectivity index (χ2n) is 5.12. The van der Waals surface area contributed by atoms with Gasteiger partial charge in [-0.3, -0.25) is 0 Å². The average Bonchev–Trinajstić information content (AvgIpc) is 3.27. The molecule has 0 radical (unpaired) electrons. The third-order valence-corrected chi connectivity index (χ3v) is 3.51. The van der Waals surface area contributed by atoms with E-state index in [1.54, 1.807) is 0 Å². The van der Waals surface area contributed by atoms with Crippen LogP contribution in [-0.2, 0) is 6.54 Å². The Hall–Kier alpha value is -1.97. The van der Waals surface area contributed by atoms with Gasteiger partial charge in [-0.1, -0.05) is 24.3 Å². The summed E-state index contributed by atoms with van der Waals surface area (Å²) < 4.78 is 38.9. The third kappa shape index (κ3) is 2.79. The van der Waals surface area contributed by atoms with Gasteiger partial charge in [-0.15, -0.1) is 0 Å². The molecule has 0 spiro atoms. The van der Waals surface area contributed by atoms with E-state index in [-0.39, 0.29) is 5.69 Å². The number of halogens is 3. The van der Waals surface area contributed by atoms with Crippen LogP contribution in [0.25, 0.3) is 0 Å². The van der Waals surface area contributed by atoms with Gasteiger partial charge in [0.15, 0.2) is 17.5 Å². The second-order valence-corrected chi connectivity index (χ2v) is 5.12. The van der Waals surface area contributed by atoms with Crippen molar-refractivity contribution in [2.24, 2.45) is 0 Å². The first kappa shape index (κ1) is 13.0. The molecule has 0 atom stereocenters. The van der Waals surface area contributed by atoms with Gasteiger partial charge < -0.3 is 5.32 Å². The zero-order valence-electron chi connectivity index (χ0n) is 10.8. The van der Waals surface area contributed by atoms with Crippen LogP contribution in [0.3, 0.4) is 0 Å². The Labute approximate surface area is 115 Å². The molecule has 1 fully saturated rings. The lowest BCUT2D eigenvalue weighted by atomic mass is 10.1. The van der Waals surface area contributed by atoms with Gasteiger partial charge in [-0.2, -0.15) is 0 Å². The summed E-state index contributed by atoms with van der Waals surface area (Å²) >= 11 is 0. The maximum absolute atomic E-state index is 13.1. The fourth-order valence-electron chi connectivity index (χ4n) is 2.19. The smallest absolute Gasteiger partial charge is 0.194 e. The number of anilines is 1. The molecule has 0 saturated heterocycles. The quantitative estimate of drug-likeness (QED) is 0.806. The first-order valence-electron chi connectivity index (χ1n) is 6.61. The summed E-state index contributed by atoms with van der Waals surface area (Å²) in [4.78, 5) is 0. The van der Waals surface area contributed by atoms with E-state index >= 15 is 0 Å². The summed E-state index contributed by atoms with van der Waals surface area (Å²) in [5.41, 5.74) is 2.58. The van der Waals surface area contributed by atoms with Crippen molar-refractivity contribution in [3.8, 4) is 0 Å². The van der Waals surface area contributed by atoms with E-state index in [1.807, 2.05) is 12.1 Å². The van der Waals surface area contributed by atoms with Gasteiger partial charge in [-0.05, 0) is 29.9 Å². The molecule has 104 valence electrons. The van der Waals surface area contributed by atoms with Crippen molar-refractivity contribution in [3.05, 3.63) is 65.0 Å². The summed E-state index contributed by atoms with van der Waals surface area (Å²) in [6.45, 7) is 0.440. The van der Waals surface area contributed by atoms with Crippen molar-refractivity contribution in [3.63, 3.8) is 0 Å². The molecule has 1 aliphatic carbocycles. The van der Waals surface area contributed by atoms with Gasteiger partial charge in [0.2, 0.25) is 0 Å². The topological polar surface area (TPSA) is 12.0 Å². The largest absolute Gasteiger partial charge is 0.381 e. The summed E-state index contributed by atoms with van der Waals surface area (Å²) in [7, 11) is 0. The number of hydrogen-bond acceptors (Lipinski definition) is 1. The van der Waals surface area contributed by atoms with Crippen LogP contribution < -0.4 is 5.32 Å². The highest BCUT2D eigenvalue weighted by molar-refractivity contribution is 5.45. The lowest BCUT2D eigenvalue weighted by Gasteiger charge is -2.08. The fraction of sp³-hybridized carbons (Fsp3) is 0.250. The van der Waals surface area contributed by atoms with E-state index in [4.69, 9.17) is 0 Å². The normalized spacial score (nSPS) is 14.3. The van der Waals surface area contributed by atoms with Gasteiger partial charge >= 0.3 is 0 Å². The van der Waals surface area contributed by atoms with Crippen LogP contribution in [0.2, 0.25) is 0 Å². The average molecular weight is 277 g/mol. The van der Waals surface area contributed by atoms with Crippen molar-refractivity contribution in [1.29, 1.82) is 0 Å². The van der Waals surface area contributed by atoms with Crippen molar-refractivity contribution in [1.82, 2.24) is 0 Å². The van der Waals surface area contributed by atoms with E-state index in [0.29, 0.717) is 12.5 Å². The SMILES string of the molecule is Fc1cc(NCc2ccc(C3CC3)cc2)cc(F)c1F. The van der Waals surface area contributed by atoms with E-state index in [2.05, 4.69) is 17.4 Å². The third-order valence-electron chi connectivity index (χ3n) is 3.51. The molecule has 3 rings (SSSR count). The standard InChI is InChI=1S/C16H14F3N/c17-14-7-13(8-15(18)16(14)19)20-9-10-1-3-11(4-2-10)12-5-6-12/h1-4,7-8,12,20H,5-6,9H2. The van der Waals surface area contributed by atoms with Crippen molar-refractivity contribution in [2.45, 2.75) is 25.3 Å². The molecule has 0 aliphatic heterocycles. The molecule has 20 heavy (non-hydrogen) atoms. The minimum Gasteiger partial charge on any atom is -0.381 e. The van der Waals surface area contributed by atoms with Crippen LogP contribution in [0.1, 0.15) is 29.9 Å². The van der Waals surface area contributed by atoms with Crippen LogP contribution in [0.5, 0.6) is 0 Å². The Morgan fingerprint density at radius 3 is 2.10 bits per heavy atom. The predicted octanol–water partition coefficient (Wildman–Crippen LogP) is 4.59. The molecule has 2 aromatic rings. The Bertz CT molecular complexity index is 595. The van der Waals surface area contributed by atoms with Gasteiger partial charge in [0, 0.05) is 24.4 Å². The second kappa shape index (κ2) is 5.19. The summed E-state index contributed by atoms with van der Waals surface area (Å²) in [6.07, 6.45) is 2.51. The van der Waals surface area contributed by atoms with E-state index in [1.165, 1.54) is 18.4 Å². The number of benzene rings is 2. The molecular formula is C16H14F3N. The molecule has 1 aliphatic rings. The molecule has 0 amide bonds. The minimum absolute atomic E-state index is 0.229. The number of hydrogen-bond donors (Lipinski definition) is 1. The van der Waals surface area contributed by atoms with Crippen LogP contribution in [-0.4, -0.2) is 0 Å². The van der Waals surface area contributed by atoms with Crippen LogP contribution in [0.15, 0.2) is 36.4 Å². The molecule has 0 aromatic heterocycles. The van der Waals surface area contributed by atoms with Crippen molar-refractivity contribution >= 4 is 5.69 Å². The molecular weight excluding hydrogens is 263 g/mol. The zero-order valence-corrected chi connectivity index (χ0v) is 10.8. The lowest BCUT2D eigenvalue weighted by molar-refractivity contribution is 0.447. The first-order valence-corrected chi connectivity index (χ1v) is 6.61. The Morgan fingerprint density at radius 1 is 0.950 bits per heavy atom. The highest BCUT2D eigenvalue weighted by atomic mass is 19.2. The fourth-order valence-corrected chi connectivity index (χ4v) is 2.19. The number of rotatable bonds is 4. The highest BCUT2D eigenvalue weighted by Crippen LogP contribution is 2.39. The molecule has 0 unspecified atom stereocenters. The van der Waals surface area contributed by atoms with E-state index in [9.17, 15) is 13.2 Å². The lowest BCUT2D eigenvalue weighted by Crippen LogP contribution is -2.02. The van der Waals surface area contributed by atoms with Gasteiger partial charge in [0.1, 0.15) is 0 Å². The van der Waals surface area contributed by atoms with Gasteiger partial charge in [0.05, 0.1) is 0 Å². The first-order chi connectivity index (χ1) is 9.63. The summed E-state index contributed by atoms with van der Waals surface area (Å²) in [6, 6.07) is 10.1. The maximum atomic E-state index is 13.1. The summed E-state index contributed by atoms with van der Waals surface area (Å²) in [5.74, 6) is -3.10. The van der Waals surface area contributed by atoms with Crippen LogP contribution in [0, 0.1) is 17.5 Å². The Balaban J connectivity index is 1.66. The molecule has 1 nitrogen and oxygen atoms in total. The monoisotopic (exact) mass is 277 g/mol. The van der Waals surface area contributed by atoms with Crippen LogP contribution in [0.4, 0.5) is 18.9 Å². The molecule has 4 heteroatoms. The minimum atomic E-state index is -1.44. The Kier molecular flexibility index (Phi) is 3.38. The molecule has 0 heterocycles. The molecule has 1 saturated carbocycles. The molecule has 1 N–H and O–H groups in total. The van der Waals surface area contributed by atoms with Gasteiger partial charge in [0.25, 0.3) is 0 Å². The summed E-state index contributed by atoms with van der Waals surface area (Å²) in [5, 5.41) is 2.89. The van der Waals surface area contributed by atoms with E-state index < -0.39 is 17.5 Å². The van der Waals surface area contributed by atoms with Crippen LogP contribution >= 0.6 is 0 Å². The zero-order chi connectivity index (χ0) is 14.1. The van der Waals surface area contributed by atoms with Gasteiger partial charge in [-0.25, -0.2) is 13.2 Å². The predicted molar refractivity (Wildman–Crippen MR) is 72.1 cm³/mol. The highest BCUT2D eigenvalue weighted by Gasteiger charge is 2.22. The van der Waals surface area contributed by atoms with Crippen molar-refractivity contribution < 1.29 is 13.2 Å². The molecule has 0 bridgehead atoms.